The van der Waals surface area contributed by atoms with Gasteiger partial charge in [-0.2, -0.15) is 0 Å². The van der Waals surface area contributed by atoms with E-state index in [1.54, 1.807) is 41.2 Å². The number of aromatic amines is 1. The van der Waals surface area contributed by atoms with Crippen LogP contribution in [0.5, 0.6) is 0 Å². The van der Waals surface area contributed by atoms with E-state index in [2.05, 4.69) is 21.0 Å². The Morgan fingerprint density at radius 2 is 1.66 bits per heavy atom. The molecule has 0 radical (unpaired) electrons. The van der Waals surface area contributed by atoms with Gasteiger partial charge in [-0.15, -0.1) is 0 Å². The van der Waals surface area contributed by atoms with Crippen molar-refractivity contribution < 1.29 is 8.42 Å². The van der Waals surface area contributed by atoms with Gasteiger partial charge < -0.3 is 0 Å². The van der Waals surface area contributed by atoms with Gasteiger partial charge in [0.25, 0.3) is 0 Å². The lowest BCUT2D eigenvalue weighted by molar-refractivity contribution is 0.602. The van der Waals surface area contributed by atoms with Gasteiger partial charge in [-0.05, 0) is 66.4 Å². The van der Waals surface area contributed by atoms with E-state index in [0.29, 0.717) is 28.4 Å². The summed E-state index contributed by atoms with van der Waals surface area (Å²) >= 11 is 6.08. The van der Waals surface area contributed by atoms with E-state index < -0.39 is 9.84 Å². The second kappa shape index (κ2) is 10.6. The van der Waals surface area contributed by atoms with Gasteiger partial charge in [-0.3, -0.25) is 14.5 Å². The van der Waals surface area contributed by atoms with Gasteiger partial charge in [0.2, 0.25) is 0 Å². The van der Waals surface area contributed by atoms with Crippen LogP contribution in [0.4, 0.5) is 0 Å². The van der Waals surface area contributed by atoms with Crippen molar-refractivity contribution in [1.29, 1.82) is 0 Å². The van der Waals surface area contributed by atoms with Crippen molar-refractivity contribution in [3.63, 3.8) is 0 Å². The largest absolute Gasteiger partial charge is 0.329 e. The van der Waals surface area contributed by atoms with Crippen LogP contribution in [0.1, 0.15) is 41.3 Å². The zero-order valence-electron chi connectivity index (χ0n) is 22.3. The topological polar surface area (TPSA) is 111 Å². The van der Waals surface area contributed by atoms with Crippen LogP contribution in [0.3, 0.4) is 0 Å². The lowest BCUT2D eigenvalue weighted by atomic mass is 9.88. The van der Waals surface area contributed by atoms with Crippen LogP contribution in [0.2, 0.25) is 5.02 Å². The van der Waals surface area contributed by atoms with Crippen molar-refractivity contribution >= 4 is 43.6 Å². The molecule has 206 valence electrons. The molecule has 0 fully saturated rings. The number of hydrogen-bond acceptors (Lipinski definition) is 6. The van der Waals surface area contributed by atoms with Crippen molar-refractivity contribution in [1.82, 2.24) is 24.5 Å². The number of nitrogens with zero attached hydrogens (tertiary/aromatic N) is 4. The van der Waals surface area contributed by atoms with Gasteiger partial charge in [0, 0.05) is 28.8 Å². The standard InChI is InChI=1S/C31H26ClN5O3S/c1-19(20-8-12-23(32)13-9-20)37-30-29(36-31(37)38)34-18-28(35-30)26(21-10-14-24(15-11-21)41(2,39)40)17-22-5-3-7-27-25(22)6-4-16-33-27/h3-16,18-19,26H,17H2,1-2H3,(H,34,36,38). The first-order valence-corrected chi connectivity index (χ1v) is 15.3. The smallest absolute Gasteiger partial charge is 0.289 e. The minimum atomic E-state index is -3.35. The number of rotatable bonds is 7. The third-order valence-electron chi connectivity index (χ3n) is 7.41. The number of pyridine rings is 1. The number of H-pyrrole nitrogens is 1. The molecular weight excluding hydrogens is 558 g/mol. The molecule has 3 aromatic carbocycles. The normalized spacial score (nSPS) is 13.4. The minimum Gasteiger partial charge on any atom is -0.289 e. The SMILES string of the molecule is CC(c1ccc(Cl)cc1)n1c(=O)[nH]c2ncc(C(Cc3cccc4ncccc34)c3ccc(S(C)(=O)=O)cc3)nc21. The molecule has 2 atom stereocenters. The molecule has 0 amide bonds. The Morgan fingerprint density at radius 1 is 0.927 bits per heavy atom. The fourth-order valence-electron chi connectivity index (χ4n) is 5.23. The Bertz CT molecular complexity index is 2050. The predicted octanol–water partition coefficient (Wildman–Crippen LogP) is 5.71. The fraction of sp³-hybridized carbons (Fsp3) is 0.161. The van der Waals surface area contributed by atoms with Crippen molar-refractivity contribution in [2.24, 2.45) is 0 Å². The Kier molecular flexibility index (Phi) is 6.93. The quantitative estimate of drug-likeness (QED) is 0.258. The van der Waals surface area contributed by atoms with Crippen LogP contribution in [0.15, 0.2) is 101 Å². The molecule has 8 nitrogen and oxygen atoms in total. The summed E-state index contributed by atoms with van der Waals surface area (Å²) in [6.45, 7) is 1.93. The number of halogens is 1. The molecule has 0 aliphatic heterocycles. The van der Waals surface area contributed by atoms with E-state index in [0.717, 1.165) is 27.6 Å². The summed E-state index contributed by atoms with van der Waals surface area (Å²) in [7, 11) is -3.35. The Morgan fingerprint density at radius 3 is 2.39 bits per heavy atom. The molecule has 3 heterocycles. The molecule has 0 spiro atoms. The second-order valence-corrected chi connectivity index (χ2v) is 12.5. The fourth-order valence-corrected chi connectivity index (χ4v) is 5.99. The van der Waals surface area contributed by atoms with E-state index >= 15 is 0 Å². The maximum Gasteiger partial charge on any atom is 0.329 e. The van der Waals surface area contributed by atoms with Crippen molar-refractivity contribution in [2.45, 2.75) is 30.2 Å². The predicted molar refractivity (Wildman–Crippen MR) is 160 cm³/mol. The number of sulfone groups is 1. The lowest BCUT2D eigenvalue weighted by Crippen LogP contribution is -2.21. The highest BCUT2D eigenvalue weighted by molar-refractivity contribution is 7.90. The summed E-state index contributed by atoms with van der Waals surface area (Å²) in [4.78, 5) is 30.2. The van der Waals surface area contributed by atoms with Gasteiger partial charge in [-0.25, -0.2) is 23.2 Å². The van der Waals surface area contributed by atoms with Crippen LogP contribution in [-0.4, -0.2) is 39.2 Å². The van der Waals surface area contributed by atoms with Gasteiger partial charge in [0.1, 0.15) is 0 Å². The number of benzene rings is 3. The first kappa shape index (κ1) is 26.9. The van der Waals surface area contributed by atoms with Crippen LogP contribution in [0.25, 0.3) is 22.2 Å². The number of hydrogen-bond donors (Lipinski definition) is 1. The summed E-state index contributed by atoms with van der Waals surface area (Å²) in [5.41, 5.74) is 4.90. The van der Waals surface area contributed by atoms with Crippen molar-refractivity contribution in [3.8, 4) is 0 Å². The summed E-state index contributed by atoms with van der Waals surface area (Å²) in [6.07, 6.45) is 5.19. The number of fused-ring (bicyclic) bond motifs is 2. The van der Waals surface area contributed by atoms with Crippen LogP contribution < -0.4 is 5.69 Å². The molecule has 41 heavy (non-hydrogen) atoms. The summed E-state index contributed by atoms with van der Waals surface area (Å²) in [5, 5.41) is 1.64. The maximum atomic E-state index is 13.1. The van der Waals surface area contributed by atoms with Crippen molar-refractivity contribution in [3.05, 3.63) is 129 Å². The Balaban J connectivity index is 1.49. The van der Waals surface area contributed by atoms with Crippen LogP contribution in [0, 0.1) is 0 Å². The molecule has 6 aromatic rings. The molecule has 0 saturated carbocycles. The molecule has 0 aliphatic rings. The molecule has 10 heteroatoms. The van der Waals surface area contributed by atoms with E-state index in [1.807, 2.05) is 55.5 Å². The van der Waals surface area contributed by atoms with Crippen LogP contribution in [-0.2, 0) is 16.3 Å². The third kappa shape index (κ3) is 5.26. The first-order valence-electron chi connectivity index (χ1n) is 13.0. The van der Waals surface area contributed by atoms with Gasteiger partial charge in [-0.1, -0.05) is 54.1 Å². The molecule has 2 unspecified atom stereocenters. The van der Waals surface area contributed by atoms with E-state index in [1.165, 1.54) is 6.26 Å². The number of imidazole rings is 1. The molecule has 6 rings (SSSR count). The van der Waals surface area contributed by atoms with E-state index in [9.17, 15) is 13.2 Å². The van der Waals surface area contributed by atoms with E-state index in [4.69, 9.17) is 16.6 Å². The highest BCUT2D eigenvalue weighted by Gasteiger charge is 2.23. The Labute approximate surface area is 241 Å². The number of nitrogens with one attached hydrogen (secondary N) is 1. The van der Waals surface area contributed by atoms with Gasteiger partial charge in [0.05, 0.1) is 28.3 Å². The Hall–Kier alpha value is -4.34. The molecule has 0 aliphatic carbocycles. The first-order chi connectivity index (χ1) is 19.7. The summed E-state index contributed by atoms with van der Waals surface area (Å²) in [6, 6.07) is 23.8. The maximum absolute atomic E-state index is 13.1. The zero-order chi connectivity index (χ0) is 28.7. The van der Waals surface area contributed by atoms with Crippen molar-refractivity contribution in [2.75, 3.05) is 6.26 Å². The van der Waals surface area contributed by atoms with E-state index in [-0.39, 0.29) is 22.5 Å². The monoisotopic (exact) mass is 583 g/mol. The molecule has 0 bridgehead atoms. The summed E-state index contributed by atoms with van der Waals surface area (Å²) < 4.78 is 25.9. The zero-order valence-corrected chi connectivity index (χ0v) is 23.9. The lowest BCUT2D eigenvalue weighted by Gasteiger charge is -2.19. The minimum absolute atomic E-state index is 0.243. The molecule has 3 aromatic heterocycles. The highest BCUT2D eigenvalue weighted by Crippen LogP contribution is 2.32. The van der Waals surface area contributed by atoms with Gasteiger partial charge in [0.15, 0.2) is 21.1 Å². The highest BCUT2D eigenvalue weighted by atomic mass is 35.5. The van der Waals surface area contributed by atoms with Crippen LogP contribution >= 0.6 is 11.6 Å². The molecule has 0 saturated heterocycles. The third-order valence-corrected chi connectivity index (χ3v) is 8.79. The number of aromatic nitrogens is 5. The van der Waals surface area contributed by atoms with Gasteiger partial charge >= 0.3 is 5.69 Å². The molecular formula is C31H26ClN5O3S. The average Bonchev–Trinajstić information content (AvgIpc) is 3.30. The second-order valence-electron chi connectivity index (χ2n) is 10.1. The molecule has 1 N–H and O–H groups in total. The summed E-state index contributed by atoms with van der Waals surface area (Å²) in [5.74, 6) is -0.282. The average molecular weight is 584 g/mol.